The molecule has 0 aliphatic heterocycles. The zero-order valence-electron chi connectivity index (χ0n) is 7.53. The molecule has 0 bridgehead atoms. The van der Waals surface area contributed by atoms with Crippen molar-refractivity contribution in [3.8, 4) is 11.1 Å². The van der Waals surface area contributed by atoms with Gasteiger partial charge in [0.2, 0.25) is 0 Å². The quantitative estimate of drug-likeness (QED) is 0.711. The lowest BCUT2D eigenvalue weighted by atomic mass is 10.1. The SMILES string of the molecule is Nc1c[nH]c(=O)c(-c2ccccc2)c1. The van der Waals surface area contributed by atoms with Crippen LogP contribution >= 0.6 is 0 Å². The monoisotopic (exact) mass is 186 g/mol. The fraction of sp³-hybridized carbons (Fsp3) is 0. The highest BCUT2D eigenvalue weighted by Gasteiger charge is 2.01. The molecule has 0 aliphatic carbocycles. The minimum atomic E-state index is -0.120. The number of aromatic nitrogens is 1. The summed E-state index contributed by atoms with van der Waals surface area (Å²) in [4.78, 5) is 14.0. The van der Waals surface area contributed by atoms with Gasteiger partial charge in [0.1, 0.15) is 0 Å². The Morgan fingerprint density at radius 2 is 1.86 bits per heavy atom. The lowest BCUT2D eigenvalue weighted by molar-refractivity contribution is 1.24. The normalized spacial score (nSPS) is 10.0. The van der Waals surface area contributed by atoms with Gasteiger partial charge in [-0.25, -0.2) is 0 Å². The number of benzene rings is 1. The molecule has 1 heterocycles. The third kappa shape index (κ3) is 1.52. The number of nitrogens with one attached hydrogen (secondary N) is 1. The average Bonchev–Trinajstić information content (AvgIpc) is 2.23. The van der Waals surface area contributed by atoms with Gasteiger partial charge in [-0.15, -0.1) is 0 Å². The molecule has 0 radical (unpaired) electrons. The molecule has 0 saturated carbocycles. The van der Waals surface area contributed by atoms with Crippen molar-refractivity contribution < 1.29 is 0 Å². The van der Waals surface area contributed by atoms with E-state index in [-0.39, 0.29) is 5.56 Å². The molecule has 3 heteroatoms. The Labute approximate surface area is 81.2 Å². The number of hydrogen-bond acceptors (Lipinski definition) is 2. The summed E-state index contributed by atoms with van der Waals surface area (Å²) >= 11 is 0. The summed E-state index contributed by atoms with van der Waals surface area (Å²) in [7, 11) is 0. The first-order chi connectivity index (χ1) is 6.77. The van der Waals surface area contributed by atoms with Crippen molar-refractivity contribution in [3.63, 3.8) is 0 Å². The summed E-state index contributed by atoms with van der Waals surface area (Å²) in [5, 5.41) is 0. The molecule has 14 heavy (non-hydrogen) atoms. The molecule has 0 spiro atoms. The van der Waals surface area contributed by atoms with Crippen molar-refractivity contribution in [1.82, 2.24) is 4.98 Å². The maximum absolute atomic E-state index is 11.5. The number of nitrogen functional groups attached to an aromatic ring is 1. The third-order valence-electron chi connectivity index (χ3n) is 2.01. The largest absolute Gasteiger partial charge is 0.398 e. The van der Waals surface area contributed by atoms with Gasteiger partial charge in [0.25, 0.3) is 5.56 Å². The summed E-state index contributed by atoms with van der Waals surface area (Å²) in [5.74, 6) is 0. The van der Waals surface area contributed by atoms with Crippen molar-refractivity contribution >= 4 is 5.69 Å². The number of aromatic amines is 1. The van der Waals surface area contributed by atoms with Gasteiger partial charge in [-0.2, -0.15) is 0 Å². The molecule has 0 unspecified atom stereocenters. The van der Waals surface area contributed by atoms with E-state index in [1.54, 1.807) is 6.07 Å². The van der Waals surface area contributed by atoms with Crippen LogP contribution in [0.1, 0.15) is 0 Å². The predicted molar refractivity (Wildman–Crippen MR) is 56.9 cm³/mol. The van der Waals surface area contributed by atoms with Gasteiger partial charge in [0.05, 0.1) is 0 Å². The Bertz CT molecular complexity index is 488. The van der Waals surface area contributed by atoms with Gasteiger partial charge in [0.15, 0.2) is 0 Å². The fourth-order valence-electron chi connectivity index (χ4n) is 1.33. The average molecular weight is 186 g/mol. The van der Waals surface area contributed by atoms with Crippen LogP contribution in [-0.4, -0.2) is 4.98 Å². The highest BCUT2D eigenvalue weighted by molar-refractivity contribution is 5.65. The van der Waals surface area contributed by atoms with E-state index in [9.17, 15) is 4.79 Å². The molecule has 0 amide bonds. The second kappa shape index (κ2) is 3.38. The van der Waals surface area contributed by atoms with Crippen LogP contribution in [0.2, 0.25) is 0 Å². The van der Waals surface area contributed by atoms with E-state index >= 15 is 0 Å². The summed E-state index contributed by atoms with van der Waals surface area (Å²) in [5.41, 5.74) is 7.51. The van der Waals surface area contributed by atoms with Crippen LogP contribution in [-0.2, 0) is 0 Å². The van der Waals surface area contributed by atoms with Crippen molar-refractivity contribution in [2.24, 2.45) is 0 Å². The van der Waals surface area contributed by atoms with Crippen LogP contribution < -0.4 is 11.3 Å². The van der Waals surface area contributed by atoms with E-state index < -0.39 is 0 Å². The van der Waals surface area contributed by atoms with Gasteiger partial charge >= 0.3 is 0 Å². The number of anilines is 1. The Morgan fingerprint density at radius 3 is 2.57 bits per heavy atom. The molecule has 3 nitrogen and oxygen atoms in total. The minimum absolute atomic E-state index is 0.120. The molecular formula is C11H10N2O. The molecule has 0 aliphatic rings. The second-order valence-electron chi connectivity index (χ2n) is 3.04. The van der Waals surface area contributed by atoms with Crippen LogP contribution in [0.5, 0.6) is 0 Å². The molecule has 1 aromatic carbocycles. The number of pyridine rings is 1. The first kappa shape index (κ1) is 8.56. The van der Waals surface area contributed by atoms with Gasteiger partial charge in [-0.05, 0) is 11.6 Å². The molecule has 3 N–H and O–H groups in total. The van der Waals surface area contributed by atoms with E-state index in [0.29, 0.717) is 11.3 Å². The molecule has 70 valence electrons. The third-order valence-corrected chi connectivity index (χ3v) is 2.01. The molecule has 2 rings (SSSR count). The summed E-state index contributed by atoms with van der Waals surface area (Å²) in [6.45, 7) is 0. The smallest absolute Gasteiger partial charge is 0.255 e. The molecule has 0 saturated heterocycles. The van der Waals surface area contributed by atoms with E-state index in [0.717, 1.165) is 5.56 Å². The molecule has 2 aromatic rings. The van der Waals surface area contributed by atoms with E-state index in [4.69, 9.17) is 5.73 Å². The maximum atomic E-state index is 11.5. The lowest BCUT2D eigenvalue weighted by Crippen LogP contribution is -2.08. The van der Waals surface area contributed by atoms with Crippen molar-refractivity contribution in [2.45, 2.75) is 0 Å². The van der Waals surface area contributed by atoms with Crippen LogP contribution in [0.3, 0.4) is 0 Å². The summed E-state index contributed by atoms with van der Waals surface area (Å²) < 4.78 is 0. The number of nitrogens with two attached hydrogens (primary N) is 1. The van der Waals surface area contributed by atoms with Gasteiger partial charge in [-0.3, -0.25) is 4.79 Å². The van der Waals surface area contributed by atoms with Crippen LogP contribution in [0.25, 0.3) is 11.1 Å². The van der Waals surface area contributed by atoms with Crippen molar-refractivity contribution in [3.05, 3.63) is 52.9 Å². The minimum Gasteiger partial charge on any atom is -0.398 e. The summed E-state index contributed by atoms with van der Waals surface area (Å²) in [6.07, 6.45) is 1.49. The Balaban J connectivity index is 2.63. The Hall–Kier alpha value is -2.03. The lowest BCUT2D eigenvalue weighted by Gasteiger charge is -2.00. The van der Waals surface area contributed by atoms with Crippen LogP contribution in [0.4, 0.5) is 5.69 Å². The number of hydrogen-bond donors (Lipinski definition) is 2. The zero-order chi connectivity index (χ0) is 9.97. The van der Waals surface area contributed by atoms with Crippen molar-refractivity contribution in [2.75, 3.05) is 5.73 Å². The number of rotatable bonds is 1. The molecule has 0 fully saturated rings. The topological polar surface area (TPSA) is 58.9 Å². The highest BCUT2D eigenvalue weighted by Crippen LogP contribution is 2.15. The first-order valence-electron chi connectivity index (χ1n) is 4.31. The molecule has 1 aromatic heterocycles. The second-order valence-corrected chi connectivity index (χ2v) is 3.04. The van der Waals surface area contributed by atoms with Gasteiger partial charge in [-0.1, -0.05) is 30.3 Å². The molecular weight excluding hydrogens is 176 g/mol. The highest BCUT2D eigenvalue weighted by atomic mass is 16.1. The Kier molecular flexibility index (Phi) is 2.07. The first-order valence-corrected chi connectivity index (χ1v) is 4.31. The molecule has 0 atom stereocenters. The standard InChI is InChI=1S/C11H10N2O/c12-9-6-10(11(14)13-7-9)8-4-2-1-3-5-8/h1-7H,12H2,(H,13,14). The Morgan fingerprint density at radius 1 is 1.14 bits per heavy atom. The summed E-state index contributed by atoms with van der Waals surface area (Å²) in [6, 6.07) is 11.1. The van der Waals surface area contributed by atoms with E-state index in [1.165, 1.54) is 6.20 Å². The van der Waals surface area contributed by atoms with Crippen molar-refractivity contribution in [1.29, 1.82) is 0 Å². The number of H-pyrrole nitrogens is 1. The van der Waals surface area contributed by atoms with Gasteiger partial charge < -0.3 is 10.7 Å². The maximum Gasteiger partial charge on any atom is 0.255 e. The van der Waals surface area contributed by atoms with Crippen LogP contribution in [0.15, 0.2) is 47.4 Å². The van der Waals surface area contributed by atoms with E-state index in [1.807, 2.05) is 30.3 Å². The van der Waals surface area contributed by atoms with Crippen LogP contribution in [0, 0.1) is 0 Å². The zero-order valence-corrected chi connectivity index (χ0v) is 7.53. The van der Waals surface area contributed by atoms with E-state index in [2.05, 4.69) is 4.98 Å². The predicted octanol–water partition coefficient (Wildman–Crippen LogP) is 1.62. The fourth-order valence-corrected chi connectivity index (χ4v) is 1.33. The van der Waals surface area contributed by atoms with Gasteiger partial charge in [0, 0.05) is 17.4 Å².